The number of carbonyl (C=O) groups is 1. The minimum absolute atomic E-state index is 0.326. The van der Waals surface area contributed by atoms with Crippen molar-refractivity contribution in [1.29, 1.82) is 0 Å². The quantitative estimate of drug-likeness (QED) is 0.737. The average molecular weight is 381 g/mol. The number of rotatable bonds is 5. The number of hydrogen-bond donors (Lipinski definition) is 1. The van der Waals surface area contributed by atoms with Crippen molar-refractivity contribution in [2.75, 3.05) is 12.4 Å². The second-order valence-corrected chi connectivity index (χ2v) is 6.83. The Morgan fingerprint density at radius 3 is 2.21 bits per heavy atom. The number of carbonyl (C=O) groups excluding carboxylic acids is 1. The summed E-state index contributed by atoms with van der Waals surface area (Å²) in [5, 5.41) is 3.21. The highest BCUT2D eigenvalue weighted by molar-refractivity contribution is 5.94. The summed E-state index contributed by atoms with van der Waals surface area (Å²) >= 11 is 0. The van der Waals surface area contributed by atoms with Crippen molar-refractivity contribution < 1.29 is 9.53 Å². The Labute approximate surface area is 162 Å². The van der Waals surface area contributed by atoms with Gasteiger partial charge < -0.3 is 10.1 Å². The number of methoxy groups -OCH3 is 1. The van der Waals surface area contributed by atoms with Crippen molar-refractivity contribution in [1.82, 2.24) is 9.13 Å². The average Bonchev–Trinajstić information content (AvgIpc) is 2.68. The first kappa shape index (κ1) is 19.4. The Bertz CT molecular complexity index is 1130. The van der Waals surface area contributed by atoms with Gasteiger partial charge in [0, 0.05) is 11.7 Å². The third-order valence-electron chi connectivity index (χ3n) is 4.67. The van der Waals surface area contributed by atoms with E-state index in [4.69, 9.17) is 4.74 Å². The predicted octanol–water partition coefficient (Wildman–Crippen LogP) is 2.95. The third-order valence-corrected chi connectivity index (χ3v) is 4.67. The van der Waals surface area contributed by atoms with Crippen LogP contribution >= 0.6 is 0 Å². The second-order valence-electron chi connectivity index (χ2n) is 6.83. The van der Waals surface area contributed by atoms with Crippen LogP contribution in [-0.2, 0) is 4.79 Å². The van der Waals surface area contributed by atoms with Crippen LogP contribution < -0.4 is 21.3 Å². The van der Waals surface area contributed by atoms with Crippen molar-refractivity contribution in [2.45, 2.75) is 32.9 Å². The molecule has 1 amide bonds. The summed E-state index contributed by atoms with van der Waals surface area (Å²) in [5.74, 6) is 0.323. The number of nitrogens with one attached hydrogen (secondary N) is 1. The van der Waals surface area contributed by atoms with Gasteiger partial charge in [0.05, 0.1) is 18.0 Å². The summed E-state index contributed by atoms with van der Waals surface area (Å²) < 4.78 is 7.66. The first-order valence-electron chi connectivity index (χ1n) is 9.06. The van der Waals surface area contributed by atoms with Gasteiger partial charge in [0.15, 0.2) is 0 Å². The number of para-hydroxylation sites is 1. The smallest absolute Gasteiger partial charge is 0.332 e. The van der Waals surface area contributed by atoms with Crippen LogP contribution in [-0.4, -0.2) is 22.2 Å². The third kappa shape index (κ3) is 3.43. The fraction of sp³-hybridized carbons (Fsp3) is 0.286. The SMILES string of the molecule is COc1ccc(NC(=O)[C@@H](C)n2c(=O)n(C(C)C)c(=O)c3ccccc32)cc1. The van der Waals surface area contributed by atoms with Gasteiger partial charge in [-0.15, -0.1) is 0 Å². The van der Waals surface area contributed by atoms with Crippen LogP contribution in [0.4, 0.5) is 5.69 Å². The number of nitrogens with zero attached hydrogens (tertiary/aromatic N) is 2. The molecule has 0 aliphatic carbocycles. The second kappa shape index (κ2) is 7.72. The maximum atomic E-state index is 13.1. The topological polar surface area (TPSA) is 82.3 Å². The van der Waals surface area contributed by atoms with Crippen molar-refractivity contribution in [3.63, 3.8) is 0 Å². The molecule has 2 aromatic carbocycles. The molecule has 7 heteroatoms. The van der Waals surface area contributed by atoms with Crippen molar-refractivity contribution in [2.24, 2.45) is 0 Å². The van der Waals surface area contributed by atoms with Crippen LogP contribution in [0, 0.1) is 0 Å². The van der Waals surface area contributed by atoms with Gasteiger partial charge in [-0.2, -0.15) is 0 Å². The van der Waals surface area contributed by atoms with Crippen molar-refractivity contribution >= 4 is 22.5 Å². The lowest BCUT2D eigenvalue weighted by Gasteiger charge is -2.20. The zero-order valence-electron chi connectivity index (χ0n) is 16.3. The monoisotopic (exact) mass is 381 g/mol. The summed E-state index contributed by atoms with van der Waals surface area (Å²) in [4.78, 5) is 38.6. The molecule has 1 atom stereocenters. The minimum Gasteiger partial charge on any atom is -0.497 e. The molecule has 1 aromatic heterocycles. The Morgan fingerprint density at radius 1 is 0.964 bits per heavy atom. The van der Waals surface area contributed by atoms with Crippen molar-refractivity contribution in [3.8, 4) is 5.75 Å². The standard InChI is InChI=1S/C21H23N3O4/c1-13(2)23-20(26)17-7-5-6-8-18(17)24(21(23)27)14(3)19(25)22-15-9-11-16(28-4)12-10-15/h5-14H,1-4H3,(H,22,25)/t14-/m1/s1. The lowest BCUT2D eigenvalue weighted by Crippen LogP contribution is -2.44. The molecule has 3 aromatic rings. The van der Waals surface area contributed by atoms with Gasteiger partial charge in [-0.3, -0.25) is 18.7 Å². The summed E-state index contributed by atoms with van der Waals surface area (Å²) in [6.45, 7) is 5.18. The molecule has 0 aliphatic rings. The van der Waals surface area contributed by atoms with Crippen LogP contribution in [0.15, 0.2) is 58.1 Å². The first-order chi connectivity index (χ1) is 13.3. The summed E-state index contributed by atoms with van der Waals surface area (Å²) in [5.41, 5.74) is 0.171. The molecule has 0 saturated heterocycles. The highest BCUT2D eigenvalue weighted by Gasteiger charge is 2.23. The molecule has 3 rings (SSSR count). The number of benzene rings is 2. The van der Waals surface area contributed by atoms with E-state index in [9.17, 15) is 14.4 Å². The highest BCUT2D eigenvalue weighted by Crippen LogP contribution is 2.18. The van der Waals surface area contributed by atoms with Crippen LogP contribution in [0.5, 0.6) is 5.75 Å². The number of anilines is 1. The molecule has 7 nitrogen and oxygen atoms in total. The molecule has 1 heterocycles. The van der Waals surface area contributed by atoms with Gasteiger partial charge >= 0.3 is 5.69 Å². The molecule has 0 unspecified atom stereocenters. The molecule has 1 N–H and O–H groups in total. The Hall–Kier alpha value is -3.35. The van der Waals surface area contributed by atoms with E-state index >= 15 is 0 Å². The molecular weight excluding hydrogens is 358 g/mol. The van der Waals surface area contributed by atoms with E-state index in [0.29, 0.717) is 22.3 Å². The van der Waals surface area contributed by atoms with Gasteiger partial charge in [-0.1, -0.05) is 12.1 Å². The normalized spacial score (nSPS) is 12.2. The molecule has 28 heavy (non-hydrogen) atoms. The number of aromatic nitrogens is 2. The maximum absolute atomic E-state index is 13.1. The molecule has 0 fully saturated rings. The summed E-state index contributed by atoms with van der Waals surface area (Å²) in [7, 11) is 1.57. The minimum atomic E-state index is -0.815. The predicted molar refractivity (Wildman–Crippen MR) is 109 cm³/mol. The van der Waals surface area contributed by atoms with E-state index in [1.807, 2.05) is 0 Å². The maximum Gasteiger partial charge on any atom is 0.332 e. The van der Waals surface area contributed by atoms with Crippen LogP contribution in [0.25, 0.3) is 10.9 Å². The molecule has 0 bridgehead atoms. The molecule has 0 radical (unpaired) electrons. The molecule has 0 saturated carbocycles. The zero-order chi connectivity index (χ0) is 20.4. The Balaban J connectivity index is 2.07. The molecule has 0 spiro atoms. The van der Waals surface area contributed by atoms with E-state index in [1.54, 1.807) is 76.4 Å². The van der Waals surface area contributed by atoms with E-state index in [1.165, 1.54) is 9.13 Å². The fourth-order valence-corrected chi connectivity index (χ4v) is 3.17. The van der Waals surface area contributed by atoms with Gasteiger partial charge in [-0.25, -0.2) is 4.79 Å². The van der Waals surface area contributed by atoms with E-state index in [2.05, 4.69) is 5.32 Å². The van der Waals surface area contributed by atoms with Crippen LogP contribution in [0.3, 0.4) is 0 Å². The van der Waals surface area contributed by atoms with E-state index in [0.717, 1.165) is 0 Å². The number of amides is 1. The molecular formula is C21H23N3O4. The molecule has 0 aliphatic heterocycles. The van der Waals surface area contributed by atoms with Gasteiger partial charge in [0.1, 0.15) is 11.8 Å². The number of fused-ring (bicyclic) bond motifs is 1. The summed E-state index contributed by atoms with van der Waals surface area (Å²) in [6.07, 6.45) is 0. The lowest BCUT2D eigenvalue weighted by molar-refractivity contribution is -0.118. The number of ether oxygens (including phenoxy) is 1. The zero-order valence-corrected chi connectivity index (χ0v) is 16.3. The van der Waals surface area contributed by atoms with Crippen LogP contribution in [0.2, 0.25) is 0 Å². The van der Waals surface area contributed by atoms with E-state index < -0.39 is 11.7 Å². The summed E-state index contributed by atoms with van der Waals surface area (Å²) in [6, 6.07) is 12.6. The first-order valence-corrected chi connectivity index (χ1v) is 9.06. The van der Waals surface area contributed by atoms with Gasteiger partial charge in [-0.05, 0) is 57.2 Å². The van der Waals surface area contributed by atoms with Crippen LogP contribution in [0.1, 0.15) is 32.9 Å². The Kier molecular flexibility index (Phi) is 5.35. The van der Waals surface area contributed by atoms with Gasteiger partial charge in [0.25, 0.3) is 5.56 Å². The lowest BCUT2D eigenvalue weighted by atomic mass is 10.2. The number of hydrogen-bond acceptors (Lipinski definition) is 4. The molecule has 146 valence electrons. The van der Waals surface area contributed by atoms with Gasteiger partial charge in [0.2, 0.25) is 5.91 Å². The van der Waals surface area contributed by atoms with E-state index in [-0.39, 0.29) is 17.5 Å². The fourth-order valence-electron chi connectivity index (χ4n) is 3.17. The largest absolute Gasteiger partial charge is 0.497 e. The Morgan fingerprint density at radius 2 is 1.61 bits per heavy atom. The highest BCUT2D eigenvalue weighted by atomic mass is 16.5. The van der Waals surface area contributed by atoms with Crippen molar-refractivity contribution in [3.05, 3.63) is 69.4 Å².